The Morgan fingerprint density at radius 3 is 2.55 bits per heavy atom. The van der Waals surface area contributed by atoms with Crippen LogP contribution in [0, 0.1) is 0 Å². The second-order valence-electron chi connectivity index (χ2n) is 5.48. The van der Waals surface area contributed by atoms with Crippen molar-refractivity contribution >= 4 is 20.1 Å². The van der Waals surface area contributed by atoms with Crippen LogP contribution in [0.2, 0.25) is 19.6 Å². The number of rotatable bonds is 7. The Balaban J connectivity index is 2.98. The summed E-state index contributed by atoms with van der Waals surface area (Å²) in [7, 11) is -1.64. The molecule has 1 aromatic rings. The van der Waals surface area contributed by atoms with Gasteiger partial charge in [-0.25, -0.2) is 4.79 Å². The average molecular weight is 294 g/mol. The lowest BCUT2D eigenvalue weighted by atomic mass is 10.2. The molecular weight excluding hydrogens is 272 g/mol. The van der Waals surface area contributed by atoms with Crippen molar-refractivity contribution in [3.05, 3.63) is 35.9 Å². The average Bonchev–Trinajstić information content (AvgIpc) is 2.36. The van der Waals surface area contributed by atoms with Gasteiger partial charge in [-0.2, -0.15) is 0 Å². The molecule has 0 saturated heterocycles. The molecule has 110 valence electrons. The fraction of sp³-hybridized carbons (Fsp3) is 0.400. The zero-order chi connectivity index (χ0) is 15.2. The summed E-state index contributed by atoms with van der Waals surface area (Å²) in [6.07, 6.45) is 2.64. The highest BCUT2D eigenvalue weighted by atomic mass is 28.3. The number of aliphatic carboxylic acids is 1. The summed E-state index contributed by atoms with van der Waals surface area (Å²) >= 11 is 0. The minimum atomic E-state index is -1.64. The fourth-order valence-corrected chi connectivity index (χ4v) is 2.76. The van der Waals surface area contributed by atoms with Crippen molar-refractivity contribution in [2.45, 2.75) is 32.5 Å². The van der Waals surface area contributed by atoms with E-state index in [1.165, 1.54) is 6.08 Å². The van der Waals surface area contributed by atoms with E-state index in [9.17, 15) is 4.79 Å². The van der Waals surface area contributed by atoms with Gasteiger partial charge in [0.2, 0.25) is 0 Å². The monoisotopic (exact) mass is 294 g/mol. The smallest absolute Gasteiger partial charge is 0.328 e. The van der Waals surface area contributed by atoms with Crippen LogP contribution in [0.15, 0.2) is 30.3 Å². The van der Waals surface area contributed by atoms with Crippen molar-refractivity contribution in [3.8, 4) is 5.75 Å². The van der Waals surface area contributed by atoms with Crippen molar-refractivity contribution in [3.63, 3.8) is 0 Å². The van der Waals surface area contributed by atoms with Crippen molar-refractivity contribution in [2.75, 3.05) is 6.61 Å². The minimum absolute atomic E-state index is 0.258. The summed E-state index contributed by atoms with van der Waals surface area (Å²) in [5, 5.41) is 8.72. The maximum absolute atomic E-state index is 10.6. The maximum atomic E-state index is 10.6. The predicted octanol–water partition coefficient (Wildman–Crippen LogP) is 3.40. The molecule has 0 aliphatic rings. The fourth-order valence-electron chi connectivity index (χ4n) is 1.61. The third-order valence-electron chi connectivity index (χ3n) is 2.58. The van der Waals surface area contributed by atoms with Crippen LogP contribution in [0.5, 0.6) is 5.75 Å². The molecule has 0 aliphatic heterocycles. The van der Waals surface area contributed by atoms with E-state index in [2.05, 4.69) is 19.6 Å². The van der Waals surface area contributed by atoms with Crippen LogP contribution in [0.25, 0.3) is 6.08 Å². The van der Waals surface area contributed by atoms with E-state index in [4.69, 9.17) is 14.6 Å². The molecule has 0 aliphatic carbocycles. The Morgan fingerprint density at radius 2 is 2.00 bits per heavy atom. The molecule has 5 heteroatoms. The lowest BCUT2D eigenvalue weighted by Gasteiger charge is -2.29. The van der Waals surface area contributed by atoms with E-state index in [1.54, 1.807) is 0 Å². The van der Waals surface area contributed by atoms with Crippen molar-refractivity contribution in [1.29, 1.82) is 0 Å². The maximum Gasteiger partial charge on any atom is 0.328 e. The highest BCUT2D eigenvalue weighted by Gasteiger charge is 2.29. The highest BCUT2D eigenvalue weighted by Crippen LogP contribution is 2.24. The second-order valence-corrected chi connectivity index (χ2v) is 10.7. The van der Waals surface area contributed by atoms with E-state index in [0.717, 1.165) is 11.6 Å². The number of hydrogen-bond acceptors (Lipinski definition) is 3. The van der Waals surface area contributed by atoms with E-state index in [1.807, 2.05) is 31.2 Å². The van der Waals surface area contributed by atoms with Gasteiger partial charge >= 0.3 is 5.97 Å². The molecule has 1 atom stereocenters. The quantitative estimate of drug-likeness (QED) is 0.476. The molecule has 20 heavy (non-hydrogen) atoms. The van der Waals surface area contributed by atoms with Crippen LogP contribution < -0.4 is 4.74 Å². The number of carboxylic acid groups (broad SMARTS) is 1. The zero-order valence-corrected chi connectivity index (χ0v) is 13.4. The molecule has 1 unspecified atom stereocenters. The standard InChI is InChI=1S/C15H22O4Si/c1-5-18-15(20(2,3)4)19-13-9-7-6-8-12(13)10-11-14(16)17/h6-11,15H,5H2,1-4H3,(H,16,17). The van der Waals surface area contributed by atoms with Crippen LogP contribution in [-0.2, 0) is 9.53 Å². The Kier molecular flexibility index (Phi) is 5.97. The number of para-hydroxylation sites is 1. The molecule has 4 nitrogen and oxygen atoms in total. The first kappa shape index (κ1) is 16.5. The van der Waals surface area contributed by atoms with Crippen molar-refractivity contribution in [1.82, 2.24) is 0 Å². The largest absolute Gasteiger partial charge is 0.478 e. The van der Waals surface area contributed by atoms with Gasteiger partial charge in [0.1, 0.15) is 13.8 Å². The van der Waals surface area contributed by atoms with E-state index < -0.39 is 14.0 Å². The highest BCUT2D eigenvalue weighted by molar-refractivity contribution is 6.77. The van der Waals surface area contributed by atoms with Gasteiger partial charge in [0.05, 0.1) is 0 Å². The van der Waals surface area contributed by atoms with E-state index in [-0.39, 0.29) is 5.91 Å². The summed E-state index contributed by atoms with van der Waals surface area (Å²) < 4.78 is 11.7. The third-order valence-corrected chi connectivity index (χ3v) is 4.28. The number of ether oxygens (including phenoxy) is 2. The summed E-state index contributed by atoms with van der Waals surface area (Å²) in [4.78, 5) is 10.6. The summed E-state index contributed by atoms with van der Waals surface area (Å²) in [5.41, 5.74) is 0.734. The van der Waals surface area contributed by atoms with Gasteiger partial charge in [0, 0.05) is 18.2 Å². The van der Waals surface area contributed by atoms with Gasteiger partial charge in [-0.1, -0.05) is 37.8 Å². The van der Waals surface area contributed by atoms with E-state index in [0.29, 0.717) is 12.4 Å². The number of carbonyl (C=O) groups is 1. The predicted molar refractivity (Wildman–Crippen MR) is 82.5 cm³/mol. The number of benzene rings is 1. The van der Waals surface area contributed by atoms with E-state index >= 15 is 0 Å². The van der Waals surface area contributed by atoms with Gasteiger partial charge < -0.3 is 14.6 Å². The minimum Gasteiger partial charge on any atom is -0.478 e. The first-order valence-corrected chi connectivity index (χ1v) is 10.2. The van der Waals surface area contributed by atoms with Gasteiger partial charge in [0.15, 0.2) is 5.91 Å². The molecule has 0 amide bonds. The third kappa shape index (κ3) is 5.18. The summed E-state index contributed by atoms with van der Waals surface area (Å²) in [6.45, 7) is 9.03. The topological polar surface area (TPSA) is 55.8 Å². The van der Waals surface area contributed by atoms with Gasteiger partial charge in [0.25, 0.3) is 0 Å². The lowest BCUT2D eigenvalue weighted by Crippen LogP contribution is -2.44. The lowest BCUT2D eigenvalue weighted by molar-refractivity contribution is -0.131. The van der Waals surface area contributed by atoms with Crippen LogP contribution >= 0.6 is 0 Å². The Morgan fingerprint density at radius 1 is 1.35 bits per heavy atom. The van der Waals surface area contributed by atoms with Crippen LogP contribution in [0.3, 0.4) is 0 Å². The Hall–Kier alpha value is -1.59. The molecule has 0 radical (unpaired) electrons. The van der Waals surface area contributed by atoms with Crippen molar-refractivity contribution in [2.24, 2.45) is 0 Å². The molecule has 0 aromatic heterocycles. The molecule has 1 rings (SSSR count). The molecule has 0 heterocycles. The number of carboxylic acids is 1. The normalized spacial score (nSPS) is 13.4. The van der Waals surface area contributed by atoms with Crippen LogP contribution in [-0.4, -0.2) is 31.7 Å². The Bertz CT molecular complexity index is 477. The van der Waals surface area contributed by atoms with Crippen LogP contribution in [0.4, 0.5) is 0 Å². The first-order valence-electron chi connectivity index (χ1n) is 6.63. The summed E-state index contributed by atoms with van der Waals surface area (Å²) in [6, 6.07) is 7.36. The Labute approximate surface area is 121 Å². The molecule has 0 spiro atoms. The van der Waals surface area contributed by atoms with Gasteiger partial charge in [-0.15, -0.1) is 0 Å². The second kappa shape index (κ2) is 7.26. The first-order chi connectivity index (χ1) is 9.34. The zero-order valence-electron chi connectivity index (χ0n) is 12.4. The molecule has 1 N–H and O–H groups in total. The number of hydrogen-bond donors (Lipinski definition) is 1. The summed E-state index contributed by atoms with van der Waals surface area (Å²) in [5.74, 6) is -0.593. The molecule has 1 aromatic carbocycles. The van der Waals surface area contributed by atoms with Crippen LogP contribution in [0.1, 0.15) is 12.5 Å². The molecule has 0 saturated carbocycles. The SMILES string of the molecule is CCOC(Oc1ccccc1C=CC(=O)O)[Si](C)(C)C. The van der Waals surface area contributed by atoms with Gasteiger partial charge in [-0.05, 0) is 19.1 Å². The van der Waals surface area contributed by atoms with Gasteiger partial charge in [-0.3, -0.25) is 0 Å². The molecule has 0 fully saturated rings. The molecular formula is C15H22O4Si. The van der Waals surface area contributed by atoms with Crippen molar-refractivity contribution < 1.29 is 19.4 Å². The molecule has 0 bridgehead atoms.